The molecule has 6 nitrogen and oxygen atoms in total. The van der Waals surface area contributed by atoms with E-state index in [1.165, 1.54) is 122 Å². The molecule has 0 radical (unpaired) electrons. The van der Waals surface area contributed by atoms with E-state index in [4.69, 9.17) is 14.2 Å². The summed E-state index contributed by atoms with van der Waals surface area (Å²) in [6.45, 7) is 6.45. The average molecular weight is 1040 g/mol. The normalized spacial score (nSPS) is 12.8. The van der Waals surface area contributed by atoms with Crippen molar-refractivity contribution < 1.29 is 28.6 Å². The molecule has 1 atom stereocenters. The Morgan fingerprint density at radius 3 is 0.840 bits per heavy atom. The molecule has 0 aliphatic heterocycles. The van der Waals surface area contributed by atoms with Crippen molar-refractivity contribution in [1.29, 1.82) is 0 Å². The highest BCUT2D eigenvalue weighted by Crippen LogP contribution is 2.16. The Bertz CT molecular complexity index is 1520. The highest BCUT2D eigenvalue weighted by atomic mass is 16.6. The van der Waals surface area contributed by atoms with E-state index in [0.29, 0.717) is 19.3 Å². The highest BCUT2D eigenvalue weighted by Gasteiger charge is 2.19. The van der Waals surface area contributed by atoms with Crippen LogP contribution in [0.3, 0.4) is 0 Å². The van der Waals surface area contributed by atoms with Gasteiger partial charge in [0.1, 0.15) is 13.2 Å². The van der Waals surface area contributed by atoms with Gasteiger partial charge in [0, 0.05) is 19.3 Å². The molecular formula is C69H116O6. The molecule has 0 fully saturated rings. The van der Waals surface area contributed by atoms with Gasteiger partial charge in [-0.3, -0.25) is 14.4 Å². The number of allylic oxidation sites excluding steroid dienone is 18. The monoisotopic (exact) mass is 1040 g/mol. The van der Waals surface area contributed by atoms with Crippen molar-refractivity contribution in [3.05, 3.63) is 109 Å². The van der Waals surface area contributed by atoms with Gasteiger partial charge in [0.2, 0.25) is 0 Å². The minimum Gasteiger partial charge on any atom is -0.462 e. The third kappa shape index (κ3) is 60.8. The van der Waals surface area contributed by atoms with Crippen molar-refractivity contribution in [2.45, 2.75) is 297 Å². The molecule has 75 heavy (non-hydrogen) atoms. The Morgan fingerprint density at radius 2 is 0.520 bits per heavy atom. The summed E-state index contributed by atoms with van der Waals surface area (Å²) in [5.74, 6) is -0.899. The second-order valence-electron chi connectivity index (χ2n) is 20.6. The van der Waals surface area contributed by atoms with E-state index in [1.54, 1.807) is 0 Å². The molecule has 0 amide bonds. The van der Waals surface area contributed by atoms with Gasteiger partial charge in [-0.05, 0) is 109 Å². The van der Waals surface area contributed by atoms with Crippen LogP contribution in [-0.2, 0) is 28.6 Å². The summed E-state index contributed by atoms with van der Waals surface area (Å²) in [4.78, 5) is 38.0. The predicted octanol–water partition coefficient (Wildman–Crippen LogP) is 21.4. The van der Waals surface area contributed by atoms with Crippen LogP contribution >= 0.6 is 0 Å². The fraction of sp³-hybridized carbons (Fsp3) is 0.696. The summed E-state index contributed by atoms with van der Waals surface area (Å²) in [6, 6.07) is 0. The van der Waals surface area contributed by atoms with Crippen molar-refractivity contribution in [2.75, 3.05) is 13.2 Å². The summed E-state index contributed by atoms with van der Waals surface area (Å²) in [6.07, 6.45) is 85.5. The molecule has 0 aliphatic carbocycles. The number of ether oxygens (including phenoxy) is 3. The van der Waals surface area contributed by atoms with Gasteiger partial charge in [-0.15, -0.1) is 0 Å². The largest absolute Gasteiger partial charge is 0.462 e. The van der Waals surface area contributed by atoms with Crippen LogP contribution in [0.1, 0.15) is 290 Å². The smallest absolute Gasteiger partial charge is 0.306 e. The second-order valence-corrected chi connectivity index (χ2v) is 20.6. The molecule has 0 aromatic rings. The van der Waals surface area contributed by atoms with E-state index >= 15 is 0 Å². The molecule has 0 aromatic carbocycles. The van der Waals surface area contributed by atoms with Gasteiger partial charge in [0.05, 0.1) is 0 Å². The Morgan fingerprint density at radius 1 is 0.280 bits per heavy atom. The lowest BCUT2D eigenvalue weighted by Gasteiger charge is -2.18. The maximum Gasteiger partial charge on any atom is 0.306 e. The fourth-order valence-electron chi connectivity index (χ4n) is 8.57. The Kier molecular flexibility index (Phi) is 59.3. The number of carbonyl (C=O) groups is 3. The molecule has 0 aliphatic rings. The Labute approximate surface area is 463 Å². The van der Waals surface area contributed by atoms with Gasteiger partial charge < -0.3 is 14.2 Å². The number of unbranched alkanes of at least 4 members (excludes halogenated alkanes) is 27. The van der Waals surface area contributed by atoms with Crippen LogP contribution in [0.25, 0.3) is 0 Å². The van der Waals surface area contributed by atoms with Gasteiger partial charge in [-0.25, -0.2) is 0 Å². The molecule has 0 saturated heterocycles. The third-order valence-corrected chi connectivity index (χ3v) is 13.3. The molecule has 0 aromatic heterocycles. The molecule has 0 rings (SSSR count). The first-order chi connectivity index (χ1) is 37.0. The fourth-order valence-corrected chi connectivity index (χ4v) is 8.57. The number of esters is 3. The number of hydrogen-bond donors (Lipinski definition) is 0. The van der Waals surface area contributed by atoms with Gasteiger partial charge in [0.25, 0.3) is 0 Å². The zero-order valence-electron chi connectivity index (χ0n) is 49.0. The SMILES string of the molecule is CC/C=C\C/C=C\C/C=C\C/C=C\C/C=C\C/C=C\C/C=C\CCCCCCCCCCCCCCCC(=O)OCC(COC(=O)CCCCCCCCC)OC(=O)CCCCCCC/C=C\C/C=C\CCCCC. The van der Waals surface area contributed by atoms with Crippen LogP contribution in [0.2, 0.25) is 0 Å². The number of carbonyl (C=O) groups excluding carboxylic acids is 3. The lowest BCUT2D eigenvalue weighted by Crippen LogP contribution is -2.30. The summed E-state index contributed by atoms with van der Waals surface area (Å²) < 4.78 is 16.8. The molecule has 0 saturated carbocycles. The van der Waals surface area contributed by atoms with Crippen molar-refractivity contribution in [3.63, 3.8) is 0 Å². The van der Waals surface area contributed by atoms with Gasteiger partial charge in [-0.2, -0.15) is 0 Å². The van der Waals surface area contributed by atoms with Crippen LogP contribution in [-0.4, -0.2) is 37.2 Å². The first-order valence-electron chi connectivity index (χ1n) is 31.4. The van der Waals surface area contributed by atoms with E-state index in [2.05, 4.69) is 130 Å². The molecule has 6 heteroatoms. The van der Waals surface area contributed by atoms with Crippen molar-refractivity contribution >= 4 is 17.9 Å². The Balaban J connectivity index is 4.05. The quantitative estimate of drug-likeness (QED) is 0.0261. The van der Waals surface area contributed by atoms with Crippen molar-refractivity contribution in [3.8, 4) is 0 Å². The summed E-state index contributed by atoms with van der Waals surface area (Å²) >= 11 is 0. The van der Waals surface area contributed by atoms with Gasteiger partial charge in [0.15, 0.2) is 6.10 Å². The van der Waals surface area contributed by atoms with E-state index < -0.39 is 6.10 Å². The Hall–Kier alpha value is -3.93. The highest BCUT2D eigenvalue weighted by molar-refractivity contribution is 5.71. The minimum atomic E-state index is -0.782. The van der Waals surface area contributed by atoms with Gasteiger partial charge in [-0.1, -0.05) is 271 Å². The topological polar surface area (TPSA) is 78.9 Å². The molecular weight excluding hydrogens is 925 g/mol. The van der Waals surface area contributed by atoms with Crippen LogP contribution in [0.15, 0.2) is 109 Å². The molecule has 1 unspecified atom stereocenters. The van der Waals surface area contributed by atoms with E-state index in [-0.39, 0.29) is 31.1 Å². The first kappa shape index (κ1) is 71.1. The van der Waals surface area contributed by atoms with Crippen LogP contribution in [0, 0.1) is 0 Å². The van der Waals surface area contributed by atoms with Gasteiger partial charge >= 0.3 is 17.9 Å². The number of hydrogen-bond acceptors (Lipinski definition) is 6. The summed E-state index contributed by atoms with van der Waals surface area (Å²) in [7, 11) is 0. The predicted molar refractivity (Wildman–Crippen MR) is 325 cm³/mol. The zero-order chi connectivity index (χ0) is 54.3. The second kappa shape index (κ2) is 62.6. The maximum atomic E-state index is 12.8. The van der Waals surface area contributed by atoms with Crippen molar-refractivity contribution in [1.82, 2.24) is 0 Å². The third-order valence-electron chi connectivity index (χ3n) is 13.3. The molecule has 0 N–H and O–H groups in total. The average Bonchev–Trinajstić information content (AvgIpc) is 3.41. The standard InChI is InChI=1S/C69H116O6/c1-4-7-10-13-16-18-20-22-24-25-26-27-28-29-30-31-32-33-34-35-36-37-38-39-40-41-42-43-45-46-48-50-53-56-59-62-68(71)74-65-66(64-73-67(70)61-58-55-52-15-12-9-6-3)75-69(72)63-60-57-54-51-49-47-44-23-21-19-17-14-11-8-5-2/h7,10,16-19,22-24,26-27,29-30,32-33,35-36,44,66H,4-6,8-9,11-15,20-21,25,28,31,34,37-43,45-65H2,1-3H3/b10-7-,18-16-,19-17-,24-22-,27-26-,30-29-,33-32-,36-35-,44-23-. The van der Waals surface area contributed by atoms with E-state index in [1.807, 2.05) is 0 Å². The van der Waals surface area contributed by atoms with Crippen LogP contribution in [0.4, 0.5) is 0 Å². The van der Waals surface area contributed by atoms with Crippen LogP contribution in [0.5, 0.6) is 0 Å². The summed E-state index contributed by atoms with van der Waals surface area (Å²) in [5.41, 5.74) is 0. The van der Waals surface area contributed by atoms with Crippen LogP contribution < -0.4 is 0 Å². The molecule has 428 valence electrons. The van der Waals surface area contributed by atoms with E-state index in [9.17, 15) is 14.4 Å². The maximum absolute atomic E-state index is 12.8. The molecule has 0 spiro atoms. The first-order valence-corrected chi connectivity index (χ1v) is 31.4. The zero-order valence-corrected chi connectivity index (χ0v) is 49.0. The van der Waals surface area contributed by atoms with E-state index in [0.717, 1.165) is 128 Å². The molecule has 0 heterocycles. The lowest BCUT2D eigenvalue weighted by atomic mass is 10.0. The lowest BCUT2D eigenvalue weighted by molar-refractivity contribution is -0.167. The van der Waals surface area contributed by atoms with Crippen molar-refractivity contribution in [2.24, 2.45) is 0 Å². The minimum absolute atomic E-state index is 0.0817. The summed E-state index contributed by atoms with van der Waals surface area (Å²) in [5, 5.41) is 0. The molecule has 0 bridgehead atoms. The number of rotatable bonds is 56.